The predicted octanol–water partition coefficient (Wildman–Crippen LogP) is 3.81. The second-order valence-electron chi connectivity index (χ2n) is 6.68. The number of halogens is 2. The highest BCUT2D eigenvalue weighted by molar-refractivity contribution is 9.10. The fourth-order valence-corrected chi connectivity index (χ4v) is 3.87. The lowest BCUT2D eigenvalue weighted by Crippen LogP contribution is -2.45. The molecule has 150 valence electrons. The van der Waals surface area contributed by atoms with Crippen LogP contribution in [0.1, 0.15) is 36.3 Å². The standard InChI is InChI=1S/C20H22BrFN2O4/c1-13(28-18-6-5-14(22)12-16(18)21)19(25)23-10-7-15(8-11-23)24-9-3-4-17(24)20(26)27-2/h3-6,9,12-13,15H,7-8,10-11H2,1-2H3. The number of piperidine rings is 1. The molecule has 1 fully saturated rings. The number of hydrogen-bond donors (Lipinski definition) is 0. The number of carbonyl (C=O) groups is 2. The molecule has 0 bridgehead atoms. The molecule has 6 nitrogen and oxygen atoms in total. The fraction of sp³-hybridized carbons (Fsp3) is 0.400. The first-order chi connectivity index (χ1) is 13.4. The summed E-state index contributed by atoms with van der Waals surface area (Å²) in [5.41, 5.74) is 0.519. The van der Waals surface area contributed by atoms with Gasteiger partial charge in [-0.05, 0) is 66.0 Å². The zero-order valence-electron chi connectivity index (χ0n) is 15.7. The average Bonchev–Trinajstić information content (AvgIpc) is 3.19. The Labute approximate surface area is 171 Å². The van der Waals surface area contributed by atoms with E-state index in [0.29, 0.717) is 29.0 Å². The molecule has 1 atom stereocenters. The van der Waals surface area contributed by atoms with Gasteiger partial charge in [0.15, 0.2) is 6.10 Å². The van der Waals surface area contributed by atoms with E-state index >= 15 is 0 Å². The molecule has 1 aromatic carbocycles. The van der Waals surface area contributed by atoms with E-state index in [1.165, 1.54) is 25.3 Å². The molecule has 8 heteroatoms. The van der Waals surface area contributed by atoms with Gasteiger partial charge >= 0.3 is 5.97 Å². The number of likely N-dealkylation sites (tertiary alicyclic amines) is 1. The molecule has 0 N–H and O–H groups in total. The number of rotatable bonds is 5. The molecule has 1 aliphatic heterocycles. The quantitative estimate of drug-likeness (QED) is 0.647. The number of hydrogen-bond acceptors (Lipinski definition) is 4. The first-order valence-electron chi connectivity index (χ1n) is 9.06. The Bertz CT molecular complexity index is 862. The van der Waals surface area contributed by atoms with E-state index in [0.717, 1.165) is 12.8 Å². The summed E-state index contributed by atoms with van der Waals surface area (Å²) in [6, 6.07) is 7.78. The number of benzene rings is 1. The van der Waals surface area contributed by atoms with Crippen molar-refractivity contribution in [2.75, 3.05) is 20.2 Å². The lowest BCUT2D eigenvalue weighted by molar-refractivity contribution is -0.139. The fourth-order valence-electron chi connectivity index (χ4n) is 3.42. The topological polar surface area (TPSA) is 60.8 Å². The van der Waals surface area contributed by atoms with E-state index in [-0.39, 0.29) is 23.7 Å². The maximum Gasteiger partial charge on any atom is 0.354 e. The molecule has 28 heavy (non-hydrogen) atoms. The Morgan fingerprint density at radius 1 is 1.25 bits per heavy atom. The van der Waals surface area contributed by atoms with Crippen LogP contribution in [-0.2, 0) is 9.53 Å². The van der Waals surface area contributed by atoms with Crippen molar-refractivity contribution in [3.63, 3.8) is 0 Å². The van der Waals surface area contributed by atoms with Crippen LogP contribution in [0.3, 0.4) is 0 Å². The van der Waals surface area contributed by atoms with Crippen LogP contribution in [0.5, 0.6) is 5.75 Å². The van der Waals surface area contributed by atoms with E-state index in [1.807, 2.05) is 16.8 Å². The smallest absolute Gasteiger partial charge is 0.354 e. The Morgan fingerprint density at radius 3 is 2.61 bits per heavy atom. The monoisotopic (exact) mass is 452 g/mol. The molecule has 1 amide bonds. The minimum atomic E-state index is -0.685. The number of amides is 1. The molecule has 1 aromatic heterocycles. The summed E-state index contributed by atoms with van der Waals surface area (Å²) in [4.78, 5) is 26.4. The normalized spacial score (nSPS) is 15.9. The van der Waals surface area contributed by atoms with Crippen LogP contribution in [0.15, 0.2) is 41.0 Å². The van der Waals surface area contributed by atoms with Crippen LogP contribution in [-0.4, -0.2) is 47.6 Å². The first kappa shape index (κ1) is 20.4. The number of methoxy groups -OCH3 is 1. The molecule has 0 aliphatic carbocycles. The minimum absolute atomic E-state index is 0.115. The first-order valence-corrected chi connectivity index (χ1v) is 9.85. The largest absolute Gasteiger partial charge is 0.480 e. The van der Waals surface area contributed by atoms with Crippen molar-refractivity contribution in [1.82, 2.24) is 9.47 Å². The van der Waals surface area contributed by atoms with Crippen LogP contribution >= 0.6 is 15.9 Å². The second-order valence-corrected chi connectivity index (χ2v) is 7.54. The van der Waals surface area contributed by atoms with Crippen molar-refractivity contribution in [2.24, 2.45) is 0 Å². The van der Waals surface area contributed by atoms with Gasteiger partial charge in [0.1, 0.15) is 17.3 Å². The highest BCUT2D eigenvalue weighted by Crippen LogP contribution is 2.28. The van der Waals surface area contributed by atoms with Crippen molar-refractivity contribution in [3.8, 4) is 5.75 Å². The summed E-state index contributed by atoms with van der Waals surface area (Å²) >= 11 is 3.24. The van der Waals surface area contributed by atoms with E-state index in [2.05, 4.69) is 15.9 Å². The third-order valence-corrected chi connectivity index (χ3v) is 5.51. The van der Waals surface area contributed by atoms with Gasteiger partial charge in [-0.25, -0.2) is 9.18 Å². The van der Waals surface area contributed by atoms with Gasteiger partial charge in [0.05, 0.1) is 11.6 Å². The average molecular weight is 453 g/mol. The van der Waals surface area contributed by atoms with Crippen LogP contribution in [0.4, 0.5) is 4.39 Å². The van der Waals surface area contributed by atoms with E-state index < -0.39 is 6.10 Å². The molecule has 0 spiro atoms. The van der Waals surface area contributed by atoms with Crippen molar-refractivity contribution in [3.05, 3.63) is 52.5 Å². The van der Waals surface area contributed by atoms with Crippen molar-refractivity contribution < 1.29 is 23.5 Å². The number of nitrogens with zero attached hydrogens (tertiary/aromatic N) is 2. The van der Waals surface area contributed by atoms with Crippen molar-refractivity contribution in [2.45, 2.75) is 31.9 Å². The molecule has 3 rings (SSSR count). The van der Waals surface area contributed by atoms with Gasteiger partial charge in [-0.1, -0.05) is 0 Å². The second kappa shape index (κ2) is 8.77. The highest BCUT2D eigenvalue weighted by atomic mass is 79.9. The Morgan fingerprint density at radius 2 is 1.96 bits per heavy atom. The van der Waals surface area contributed by atoms with Gasteiger partial charge in [0.25, 0.3) is 5.91 Å². The number of ether oxygens (including phenoxy) is 2. The molecule has 1 saturated heterocycles. The summed E-state index contributed by atoms with van der Waals surface area (Å²) < 4.78 is 26.1. The zero-order chi connectivity index (χ0) is 20.3. The minimum Gasteiger partial charge on any atom is -0.480 e. The molecule has 0 saturated carbocycles. The highest BCUT2D eigenvalue weighted by Gasteiger charge is 2.29. The summed E-state index contributed by atoms with van der Waals surface area (Å²) in [5.74, 6) is -0.436. The predicted molar refractivity (Wildman–Crippen MR) is 105 cm³/mol. The molecule has 0 radical (unpaired) electrons. The van der Waals surface area contributed by atoms with Gasteiger partial charge in [0, 0.05) is 25.3 Å². The van der Waals surface area contributed by atoms with Crippen LogP contribution in [0.2, 0.25) is 0 Å². The van der Waals surface area contributed by atoms with Gasteiger partial charge in [-0.3, -0.25) is 4.79 Å². The van der Waals surface area contributed by atoms with Crippen LogP contribution < -0.4 is 4.74 Å². The van der Waals surface area contributed by atoms with Crippen molar-refractivity contribution in [1.29, 1.82) is 0 Å². The number of carbonyl (C=O) groups excluding carboxylic acids is 2. The van der Waals surface area contributed by atoms with Gasteiger partial charge < -0.3 is 18.9 Å². The molecular weight excluding hydrogens is 431 g/mol. The van der Waals surface area contributed by atoms with Gasteiger partial charge in [-0.15, -0.1) is 0 Å². The molecule has 2 aromatic rings. The van der Waals surface area contributed by atoms with Crippen LogP contribution in [0, 0.1) is 5.82 Å². The van der Waals surface area contributed by atoms with Crippen molar-refractivity contribution >= 4 is 27.8 Å². The van der Waals surface area contributed by atoms with Gasteiger partial charge in [0.2, 0.25) is 0 Å². The Hall–Kier alpha value is -2.35. The third-order valence-electron chi connectivity index (χ3n) is 4.89. The number of esters is 1. The molecule has 2 heterocycles. The maximum absolute atomic E-state index is 13.2. The lowest BCUT2D eigenvalue weighted by atomic mass is 10.0. The molecular formula is C20H22BrFN2O4. The van der Waals surface area contributed by atoms with Gasteiger partial charge in [-0.2, -0.15) is 0 Å². The maximum atomic E-state index is 13.2. The SMILES string of the molecule is COC(=O)c1cccn1C1CCN(C(=O)C(C)Oc2ccc(F)cc2Br)CC1. The summed E-state index contributed by atoms with van der Waals surface area (Å²) in [6.07, 6.45) is 2.65. The summed E-state index contributed by atoms with van der Waals surface area (Å²) in [6.45, 7) is 2.83. The molecule has 1 aliphatic rings. The van der Waals surface area contributed by atoms with E-state index in [4.69, 9.17) is 9.47 Å². The molecule has 1 unspecified atom stereocenters. The lowest BCUT2D eigenvalue weighted by Gasteiger charge is -2.34. The third kappa shape index (κ3) is 4.38. The zero-order valence-corrected chi connectivity index (χ0v) is 17.3. The Balaban J connectivity index is 1.59. The van der Waals surface area contributed by atoms with E-state index in [1.54, 1.807) is 17.9 Å². The van der Waals surface area contributed by atoms with Crippen LogP contribution in [0.25, 0.3) is 0 Å². The summed E-state index contributed by atoms with van der Waals surface area (Å²) in [7, 11) is 1.36. The van der Waals surface area contributed by atoms with E-state index in [9.17, 15) is 14.0 Å². The Kier molecular flexibility index (Phi) is 6.39. The summed E-state index contributed by atoms with van der Waals surface area (Å²) in [5, 5.41) is 0. The number of aromatic nitrogens is 1.